The van der Waals surface area contributed by atoms with Crippen LogP contribution >= 0.6 is 0 Å². The average molecular weight is 331 g/mol. The van der Waals surface area contributed by atoms with Crippen molar-refractivity contribution < 1.29 is 4.92 Å². The number of para-hydroxylation sites is 1. The Bertz CT molecular complexity index is 1060. The Morgan fingerprint density at radius 1 is 1.08 bits per heavy atom. The highest BCUT2D eigenvalue weighted by molar-refractivity contribution is 5.74. The number of anilines is 2. The number of hydrogen-bond acceptors (Lipinski definition) is 5. The van der Waals surface area contributed by atoms with E-state index in [0.29, 0.717) is 22.7 Å². The highest BCUT2D eigenvalue weighted by Crippen LogP contribution is 2.26. The topological polar surface area (TPSA) is 85.4 Å². The lowest BCUT2D eigenvalue weighted by Crippen LogP contribution is -1.97. The smallest absolute Gasteiger partial charge is 0.270 e. The second-order valence-electron chi connectivity index (χ2n) is 5.43. The molecule has 2 aromatic heterocycles. The molecule has 0 unspecified atom stereocenters. The molecule has 0 amide bonds. The van der Waals surface area contributed by atoms with E-state index in [1.807, 2.05) is 40.9 Å². The third kappa shape index (κ3) is 2.90. The van der Waals surface area contributed by atoms with E-state index in [1.165, 1.54) is 12.1 Å². The molecule has 7 heteroatoms. The third-order valence-electron chi connectivity index (χ3n) is 3.76. The van der Waals surface area contributed by atoms with E-state index in [-0.39, 0.29) is 5.69 Å². The van der Waals surface area contributed by atoms with E-state index in [4.69, 9.17) is 0 Å². The van der Waals surface area contributed by atoms with Crippen LogP contribution in [0.2, 0.25) is 0 Å². The first-order valence-electron chi connectivity index (χ1n) is 7.61. The number of hydrogen-bond donors (Lipinski definition) is 1. The van der Waals surface area contributed by atoms with Crippen molar-refractivity contribution in [2.75, 3.05) is 5.32 Å². The molecule has 0 aliphatic carbocycles. The first-order valence-corrected chi connectivity index (χ1v) is 7.61. The summed E-state index contributed by atoms with van der Waals surface area (Å²) in [5.41, 5.74) is 2.92. The van der Waals surface area contributed by atoms with Crippen molar-refractivity contribution in [2.24, 2.45) is 0 Å². The van der Waals surface area contributed by atoms with Gasteiger partial charge in [-0.05, 0) is 12.1 Å². The fourth-order valence-corrected chi connectivity index (χ4v) is 2.58. The van der Waals surface area contributed by atoms with E-state index in [0.717, 1.165) is 5.69 Å². The number of imidazole rings is 1. The van der Waals surface area contributed by atoms with Crippen LogP contribution in [0.25, 0.3) is 16.9 Å². The van der Waals surface area contributed by atoms with Crippen LogP contribution < -0.4 is 5.32 Å². The van der Waals surface area contributed by atoms with Crippen LogP contribution in [0.1, 0.15) is 0 Å². The molecule has 0 bridgehead atoms. The summed E-state index contributed by atoms with van der Waals surface area (Å²) in [6.07, 6.45) is 5.29. The number of nitro groups is 1. The molecule has 7 nitrogen and oxygen atoms in total. The number of nitro benzene ring substituents is 1. The van der Waals surface area contributed by atoms with Crippen LogP contribution in [0.3, 0.4) is 0 Å². The number of nitrogens with zero attached hydrogens (tertiary/aromatic N) is 4. The SMILES string of the molecule is O=[N+]([O-])c1cccc(-c2cn3ccnc(Nc4ccccc4)c3n2)c1. The van der Waals surface area contributed by atoms with Crippen molar-refractivity contribution in [3.63, 3.8) is 0 Å². The quantitative estimate of drug-likeness (QED) is 0.450. The Labute approximate surface area is 142 Å². The van der Waals surface area contributed by atoms with Crippen LogP contribution in [-0.2, 0) is 0 Å². The summed E-state index contributed by atoms with van der Waals surface area (Å²) in [6.45, 7) is 0. The van der Waals surface area contributed by atoms with E-state index in [1.54, 1.807) is 24.5 Å². The Morgan fingerprint density at radius 2 is 1.92 bits per heavy atom. The molecule has 0 radical (unpaired) electrons. The van der Waals surface area contributed by atoms with Crippen LogP contribution in [0.15, 0.2) is 73.2 Å². The largest absolute Gasteiger partial charge is 0.337 e. The van der Waals surface area contributed by atoms with E-state index >= 15 is 0 Å². The highest BCUT2D eigenvalue weighted by Gasteiger charge is 2.12. The minimum Gasteiger partial charge on any atom is -0.337 e. The normalized spacial score (nSPS) is 10.7. The Hall–Kier alpha value is -3.74. The third-order valence-corrected chi connectivity index (χ3v) is 3.76. The Balaban J connectivity index is 1.77. The Kier molecular flexibility index (Phi) is 3.59. The predicted molar refractivity (Wildman–Crippen MR) is 94.8 cm³/mol. The van der Waals surface area contributed by atoms with Crippen LogP contribution in [-0.4, -0.2) is 19.3 Å². The molecule has 0 spiro atoms. The summed E-state index contributed by atoms with van der Waals surface area (Å²) < 4.78 is 1.84. The molecular formula is C18H13N5O2. The zero-order valence-corrected chi connectivity index (χ0v) is 13.0. The van der Waals surface area contributed by atoms with Gasteiger partial charge in [0, 0.05) is 42.0 Å². The molecule has 25 heavy (non-hydrogen) atoms. The number of non-ortho nitro benzene ring substituents is 1. The van der Waals surface area contributed by atoms with Crippen LogP contribution in [0.4, 0.5) is 17.2 Å². The molecule has 0 aliphatic heterocycles. The molecule has 2 heterocycles. The molecule has 1 N–H and O–H groups in total. The summed E-state index contributed by atoms with van der Waals surface area (Å²) in [5.74, 6) is 0.616. The molecule has 0 saturated heterocycles. The van der Waals surface area contributed by atoms with Gasteiger partial charge in [0.1, 0.15) is 0 Å². The molecule has 122 valence electrons. The molecule has 4 aromatic rings. The maximum Gasteiger partial charge on any atom is 0.270 e. The van der Waals surface area contributed by atoms with Crippen LogP contribution in [0, 0.1) is 10.1 Å². The number of fused-ring (bicyclic) bond motifs is 1. The lowest BCUT2D eigenvalue weighted by Gasteiger charge is -2.05. The fraction of sp³-hybridized carbons (Fsp3) is 0. The lowest BCUT2D eigenvalue weighted by atomic mass is 10.1. The van der Waals surface area contributed by atoms with Crippen molar-refractivity contribution in [3.05, 3.63) is 83.3 Å². The average Bonchev–Trinajstić information content (AvgIpc) is 3.08. The number of aromatic nitrogens is 3. The molecule has 0 aliphatic rings. The second kappa shape index (κ2) is 6.04. The summed E-state index contributed by atoms with van der Waals surface area (Å²) in [6, 6.07) is 16.1. The maximum atomic E-state index is 11.0. The molecule has 0 saturated carbocycles. The predicted octanol–water partition coefficient (Wildman–Crippen LogP) is 4.05. The van der Waals surface area contributed by atoms with Gasteiger partial charge in [0.05, 0.1) is 10.6 Å². The fourth-order valence-electron chi connectivity index (χ4n) is 2.58. The van der Waals surface area contributed by atoms with Gasteiger partial charge in [0.2, 0.25) is 0 Å². The van der Waals surface area contributed by atoms with Gasteiger partial charge in [0.25, 0.3) is 5.69 Å². The van der Waals surface area contributed by atoms with Gasteiger partial charge >= 0.3 is 0 Å². The van der Waals surface area contributed by atoms with Crippen molar-refractivity contribution in [2.45, 2.75) is 0 Å². The van der Waals surface area contributed by atoms with Gasteiger partial charge in [-0.3, -0.25) is 10.1 Å². The van der Waals surface area contributed by atoms with Gasteiger partial charge < -0.3 is 9.72 Å². The standard InChI is InChI=1S/C18H13N5O2/c24-23(25)15-8-4-5-13(11-15)16-12-22-10-9-19-17(18(22)21-16)20-14-6-2-1-3-7-14/h1-12H,(H,19,20). The minimum absolute atomic E-state index is 0.0373. The lowest BCUT2D eigenvalue weighted by molar-refractivity contribution is -0.384. The van der Waals surface area contributed by atoms with E-state index in [2.05, 4.69) is 15.3 Å². The van der Waals surface area contributed by atoms with Crippen molar-refractivity contribution in [1.29, 1.82) is 0 Å². The molecule has 2 aromatic carbocycles. The first kappa shape index (κ1) is 14.8. The minimum atomic E-state index is -0.413. The summed E-state index contributed by atoms with van der Waals surface area (Å²) in [7, 11) is 0. The summed E-state index contributed by atoms with van der Waals surface area (Å²) in [4.78, 5) is 19.5. The van der Waals surface area contributed by atoms with E-state index < -0.39 is 4.92 Å². The Morgan fingerprint density at radius 3 is 2.72 bits per heavy atom. The van der Waals surface area contributed by atoms with Gasteiger partial charge in [-0.15, -0.1) is 0 Å². The van der Waals surface area contributed by atoms with Crippen molar-refractivity contribution in [3.8, 4) is 11.3 Å². The zero-order chi connectivity index (χ0) is 17.2. The van der Waals surface area contributed by atoms with Gasteiger partial charge in [-0.1, -0.05) is 30.3 Å². The summed E-state index contributed by atoms with van der Waals surface area (Å²) >= 11 is 0. The number of nitrogens with one attached hydrogen (secondary N) is 1. The summed E-state index contributed by atoms with van der Waals surface area (Å²) in [5, 5.41) is 14.2. The van der Waals surface area contributed by atoms with Crippen molar-refractivity contribution in [1.82, 2.24) is 14.4 Å². The number of benzene rings is 2. The highest BCUT2D eigenvalue weighted by atomic mass is 16.6. The van der Waals surface area contributed by atoms with Gasteiger partial charge in [0.15, 0.2) is 11.5 Å². The zero-order valence-electron chi connectivity index (χ0n) is 13.0. The van der Waals surface area contributed by atoms with Crippen molar-refractivity contribution >= 4 is 22.8 Å². The maximum absolute atomic E-state index is 11.0. The van der Waals surface area contributed by atoms with Crippen LogP contribution in [0.5, 0.6) is 0 Å². The monoisotopic (exact) mass is 331 g/mol. The second-order valence-corrected chi connectivity index (χ2v) is 5.43. The first-order chi connectivity index (χ1) is 12.2. The number of rotatable bonds is 4. The van der Waals surface area contributed by atoms with Gasteiger partial charge in [-0.2, -0.15) is 0 Å². The molecule has 0 fully saturated rings. The van der Waals surface area contributed by atoms with Gasteiger partial charge in [-0.25, -0.2) is 9.97 Å². The molecular weight excluding hydrogens is 318 g/mol. The molecule has 4 rings (SSSR count). The molecule has 0 atom stereocenters. The van der Waals surface area contributed by atoms with E-state index in [9.17, 15) is 10.1 Å².